The Balaban J connectivity index is 1.46. The number of rotatable bonds is 0. The molecule has 3 nitrogen and oxygen atoms in total. The lowest BCUT2D eigenvalue weighted by Gasteiger charge is -2.20. The van der Waals surface area contributed by atoms with Crippen molar-refractivity contribution in [3.8, 4) is 0 Å². The molecule has 5 aromatic heterocycles. The monoisotopic (exact) mass is 612 g/mol. The number of fused-ring (bicyclic) bond motifs is 14. The summed E-state index contributed by atoms with van der Waals surface area (Å²) in [5.41, 5.74) is 13.7. The van der Waals surface area contributed by atoms with Gasteiger partial charge in [0.2, 0.25) is 0 Å². The van der Waals surface area contributed by atoms with E-state index in [1.54, 1.807) is 0 Å². The molecule has 5 heterocycles. The summed E-state index contributed by atoms with van der Waals surface area (Å²) in [6, 6.07) is 30.4. The number of aromatic nitrogens is 2. The van der Waals surface area contributed by atoms with Crippen LogP contribution in [-0.2, 0) is 16.2 Å². The topological polar surface area (TPSA) is 22.0 Å². The van der Waals surface area contributed by atoms with Crippen LogP contribution < -0.4 is 0 Å². The average Bonchev–Trinajstić information content (AvgIpc) is 3.78. The minimum Gasteiger partial charge on any atom is -0.454 e. The molecule has 0 spiro atoms. The maximum atomic E-state index is 6.65. The fourth-order valence-electron chi connectivity index (χ4n) is 8.36. The van der Waals surface area contributed by atoms with E-state index in [0.717, 1.165) is 16.6 Å². The Kier molecular flexibility index (Phi) is 4.77. The van der Waals surface area contributed by atoms with Gasteiger partial charge in [0.15, 0.2) is 5.58 Å². The Morgan fingerprint density at radius 1 is 0.404 bits per heavy atom. The zero-order chi connectivity index (χ0) is 32.5. The molecular formula is C44H40N2O. The normalized spacial score (nSPS) is 14.1. The van der Waals surface area contributed by atoms with Crippen LogP contribution in [0.3, 0.4) is 0 Å². The quantitative estimate of drug-likeness (QED) is 0.167. The van der Waals surface area contributed by atoms with Crippen LogP contribution in [0, 0.1) is 0 Å². The first-order valence-corrected chi connectivity index (χ1v) is 17.0. The first kappa shape index (κ1) is 27.4. The molecule has 0 fully saturated rings. The SMILES string of the molecule is CC(C)(C)c1ccc2c(c1)c1cc(C(C)(C)C)cc3c4cc5c6cc(C(C)(C)C)cc7c8oc9ccccc9c8n(c5cc4n2c13)c67. The molecule has 0 unspecified atom stereocenters. The van der Waals surface area contributed by atoms with Crippen molar-refractivity contribution in [2.24, 2.45) is 0 Å². The predicted molar refractivity (Wildman–Crippen MR) is 202 cm³/mol. The summed E-state index contributed by atoms with van der Waals surface area (Å²) in [7, 11) is 0. The Morgan fingerprint density at radius 2 is 0.915 bits per heavy atom. The van der Waals surface area contributed by atoms with Crippen molar-refractivity contribution in [2.45, 2.75) is 78.6 Å². The highest BCUT2D eigenvalue weighted by Gasteiger charge is 2.28. The first-order valence-electron chi connectivity index (χ1n) is 17.0. The van der Waals surface area contributed by atoms with Gasteiger partial charge < -0.3 is 13.2 Å². The lowest BCUT2D eigenvalue weighted by Crippen LogP contribution is -2.11. The third-order valence-corrected chi connectivity index (χ3v) is 11.0. The van der Waals surface area contributed by atoms with Crippen LogP contribution >= 0.6 is 0 Å². The van der Waals surface area contributed by atoms with Gasteiger partial charge in [0.1, 0.15) is 11.1 Å². The third-order valence-electron chi connectivity index (χ3n) is 11.0. The second-order valence-corrected chi connectivity index (χ2v) is 17.2. The van der Waals surface area contributed by atoms with Crippen LogP contribution in [0.2, 0.25) is 0 Å². The summed E-state index contributed by atoms with van der Waals surface area (Å²) in [6.07, 6.45) is 0. The molecule has 5 aromatic carbocycles. The van der Waals surface area contributed by atoms with Crippen LogP contribution in [0.15, 0.2) is 83.3 Å². The van der Waals surface area contributed by atoms with Crippen molar-refractivity contribution in [2.75, 3.05) is 0 Å². The van der Waals surface area contributed by atoms with Gasteiger partial charge in [-0.25, -0.2) is 0 Å². The lowest BCUT2D eigenvalue weighted by molar-refractivity contribution is 0.590. The molecular weight excluding hydrogens is 572 g/mol. The van der Waals surface area contributed by atoms with E-state index in [-0.39, 0.29) is 16.2 Å². The zero-order valence-corrected chi connectivity index (χ0v) is 28.8. The van der Waals surface area contributed by atoms with Gasteiger partial charge in [0.25, 0.3) is 0 Å². The molecule has 0 radical (unpaired) electrons. The first-order chi connectivity index (χ1) is 22.2. The van der Waals surface area contributed by atoms with E-state index in [1.807, 2.05) is 0 Å². The number of hydrogen-bond donors (Lipinski definition) is 0. The minimum atomic E-state index is 0.000965. The minimum absolute atomic E-state index is 0.000965. The highest BCUT2D eigenvalue weighted by Crippen LogP contribution is 2.48. The molecule has 10 aromatic rings. The summed E-state index contributed by atoms with van der Waals surface area (Å²) in [4.78, 5) is 0. The van der Waals surface area contributed by atoms with Gasteiger partial charge in [-0.3, -0.25) is 0 Å². The average molecular weight is 613 g/mol. The molecule has 0 saturated carbocycles. The number of nitrogens with zero attached hydrogens (tertiary/aromatic N) is 2. The van der Waals surface area contributed by atoms with Crippen molar-refractivity contribution in [3.63, 3.8) is 0 Å². The number of furan rings is 1. The molecule has 10 rings (SSSR count). The van der Waals surface area contributed by atoms with E-state index in [0.29, 0.717) is 0 Å². The van der Waals surface area contributed by atoms with E-state index in [2.05, 4.69) is 150 Å². The second kappa shape index (κ2) is 8.20. The fourth-order valence-corrected chi connectivity index (χ4v) is 8.36. The van der Waals surface area contributed by atoms with Gasteiger partial charge in [0.05, 0.1) is 27.6 Å². The number of benzene rings is 5. The maximum absolute atomic E-state index is 6.65. The Bertz CT molecular complexity index is 2940. The van der Waals surface area contributed by atoms with Crippen molar-refractivity contribution in [1.82, 2.24) is 8.80 Å². The smallest absolute Gasteiger partial charge is 0.161 e. The van der Waals surface area contributed by atoms with Gasteiger partial charge >= 0.3 is 0 Å². The van der Waals surface area contributed by atoms with Gasteiger partial charge in [-0.2, -0.15) is 0 Å². The van der Waals surface area contributed by atoms with Crippen molar-refractivity contribution in [1.29, 1.82) is 0 Å². The largest absolute Gasteiger partial charge is 0.454 e. The van der Waals surface area contributed by atoms with E-state index in [4.69, 9.17) is 4.42 Å². The van der Waals surface area contributed by atoms with Gasteiger partial charge in [0, 0.05) is 43.1 Å². The van der Waals surface area contributed by atoms with E-state index < -0.39 is 0 Å². The molecule has 0 bridgehead atoms. The second-order valence-electron chi connectivity index (χ2n) is 17.2. The molecule has 47 heavy (non-hydrogen) atoms. The standard InChI is InChI=1S/C44H40N2O/c1-42(2,3)23-14-15-34-27(16-23)30-17-24(43(4,5)6)18-31-28-21-29-32-19-25(44(7,8)9)20-33-39(32)46(36(29)22-35(28)45(34)38(30)31)40-26-12-10-11-13-37(26)47-41(33)40/h10-22H,1-9H3. The van der Waals surface area contributed by atoms with Gasteiger partial charge in [-0.1, -0.05) is 80.5 Å². The number of hydrogen-bond acceptors (Lipinski definition) is 1. The van der Waals surface area contributed by atoms with Crippen molar-refractivity contribution < 1.29 is 4.42 Å². The third kappa shape index (κ3) is 3.37. The molecule has 0 N–H and O–H groups in total. The van der Waals surface area contributed by atoms with Crippen LogP contribution in [0.25, 0.3) is 87.4 Å². The lowest BCUT2D eigenvalue weighted by atomic mass is 9.84. The highest BCUT2D eigenvalue weighted by atomic mass is 16.3. The van der Waals surface area contributed by atoms with Crippen LogP contribution in [0.4, 0.5) is 0 Å². The fraction of sp³-hybridized carbons (Fsp3) is 0.273. The number of para-hydroxylation sites is 1. The Morgan fingerprint density at radius 3 is 1.53 bits per heavy atom. The van der Waals surface area contributed by atoms with Crippen LogP contribution in [0.1, 0.15) is 79.0 Å². The van der Waals surface area contributed by atoms with E-state index >= 15 is 0 Å². The molecule has 232 valence electrons. The summed E-state index contributed by atoms with van der Waals surface area (Å²) in [5, 5.41) is 10.3. The highest BCUT2D eigenvalue weighted by molar-refractivity contribution is 6.30. The summed E-state index contributed by atoms with van der Waals surface area (Å²) in [5.74, 6) is 0. The molecule has 0 atom stereocenters. The molecule has 0 saturated heterocycles. The molecule has 0 amide bonds. The van der Waals surface area contributed by atoms with E-state index in [9.17, 15) is 0 Å². The Hall–Kier alpha value is -4.76. The summed E-state index contributed by atoms with van der Waals surface area (Å²) < 4.78 is 11.7. The molecule has 0 aliphatic heterocycles. The molecule has 3 heteroatoms. The van der Waals surface area contributed by atoms with Gasteiger partial charge in [-0.15, -0.1) is 0 Å². The van der Waals surface area contributed by atoms with Crippen molar-refractivity contribution in [3.05, 3.63) is 95.6 Å². The van der Waals surface area contributed by atoms with Crippen LogP contribution in [0.5, 0.6) is 0 Å². The molecule has 0 aliphatic carbocycles. The maximum Gasteiger partial charge on any atom is 0.161 e. The predicted octanol–water partition coefficient (Wildman–Crippen LogP) is 12.6. The van der Waals surface area contributed by atoms with Gasteiger partial charge in [-0.05, 0) is 93.6 Å². The zero-order valence-electron chi connectivity index (χ0n) is 28.8. The van der Waals surface area contributed by atoms with Crippen LogP contribution in [-0.4, -0.2) is 8.80 Å². The van der Waals surface area contributed by atoms with Crippen molar-refractivity contribution >= 4 is 87.4 Å². The van der Waals surface area contributed by atoms with E-state index in [1.165, 1.54) is 87.5 Å². The summed E-state index contributed by atoms with van der Waals surface area (Å²) in [6.45, 7) is 20.9. The molecule has 0 aliphatic rings. The summed E-state index contributed by atoms with van der Waals surface area (Å²) >= 11 is 0. The Labute approximate surface area is 274 Å².